The zero-order valence-electron chi connectivity index (χ0n) is 10.6. The fourth-order valence-corrected chi connectivity index (χ4v) is 2.94. The van der Waals surface area contributed by atoms with Crippen molar-refractivity contribution in [3.05, 3.63) is 33.8 Å². The molecule has 0 spiro atoms. The minimum atomic E-state index is 0.704. The second kappa shape index (κ2) is 7.34. The summed E-state index contributed by atoms with van der Waals surface area (Å²) in [4.78, 5) is 2.53. The molecule has 1 saturated heterocycles. The molecule has 0 bridgehead atoms. The van der Waals surface area contributed by atoms with Gasteiger partial charge in [-0.05, 0) is 49.7 Å². The summed E-state index contributed by atoms with van der Waals surface area (Å²) in [5, 5.41) is 4.85. The fraction of sp³-hybridized carbons (Fsp3) is 0.571. The molecule has 18 heavy (non-hydrogen) atoms. The zero-order valence-corrected chi connectivity index (χ0v) is 12.1. The molecule has 1 aliphatic heterocycles. The number of hydrogen-bond donors (Lipinski definition) is 1. The van der Waals surface area contributed by atoms with Crippen LogP contribution in [0.5, 0.6) is 0 Å². The van der Waals surface area contributed by atoms with Gasteiger partial charge in [0.15, 0.2) is 0 Å². The SMILES string of the molecule is Clc1cc(Cl)cc(CNCCN2CCCCC2)c1. The Kier molecular flexibility index (Phi) is 5.77. The van der Waals surface area contributed by atoms with Gasteiger partial charge in [-0.3, -0.25) is 0 Å². The lowest BCUT2D eigenvalue weighted by atomic mass is 10.1. The Hall–Kier alpha value is -0.280. The van der Waals surface area contributed by atoms with Crippen LogP contribution in [-0.2, 0) is 6.54 Å². The molecule has 0 unspecified atom stereocenters. The summed E-state index contributed by atoms with van der Waals surface area (Å²) >= 11 is 11.9. The summed E-state index contributed by atoms with van der Waals surface area (Å²) < 4.78 is 0. The normalized spacial score (nSPS) is 17.0. The Morgan fingerprint density at radius 3 is 2.33 bits per heavy atom. The smallest absolute Gasteiger partial charge is 0.0424 e. The zero-order chi connectivity index (χ0) is 12.8. The maximum atomic E-state index is 5.96. The Morgan fingerprint density at radius 1 is 1.00 bits per heavy atom. The monoisotopic (exact) mass is 286 g/mol. The van der Waals surface area contributed by atoms with E-state index in [-0.39, 0.29) is 0 Å². The van der Waals surface area contributed by atoms with Crippen molar-refractivity contribution in [3.63, 3.8) is 0 Å². The van der Waals surface area contributed by atoms with Crippen molar-refractivity contribution in [2.75, 3.05) is 26.2 Å². The van der Waals surface area contributed by atoms with Gasteiger partial charge >= 0.3 is 0 Å². The Balaban J connectivity index is 1.68. The van der Waals surface area contributed by atoms with Crippen LogP contribution in [0.25, 0.3) is 0 Å². The number of benzene rings is 1. The molecule has 1 fully saturated rings. The molecule has 1 N–H and O–H groups in total. The van der Waals surface area contributed by atoms with Crippen LogP contribution >= 0.6 is 23.2 Å². The summed E-state index contributed by atoms with van der Waals surface area (Å²) in [7, 11) is 0. The van der Waals surface area contributed by atoms with E-state index in [2.05, 4.69) is 10.2 Å². The van der Waals surface area contributed by atoms with Crippen LogP contribution in [0.1, 0.15) is 24.8 Å². The Labute approximate surface area is 119 Å². The second-order valence-electron chi connectivity index (χ2n) is 4.86. The number of nitrogens with one attached hydrogen (secondary N) is 1. The maximum Gasteiger partial charge on any atom is 0.0424 e. The van der Waals surface area contributed by atoms with Gasteiger partial charge in [-0.1, -0.05) is 29.6 Å². The van der Waals surface area contributed by atoms with Crippen molar-refractivity contribution >= 4 is 23.2 Å². The largest absolute Gasteiger partial charge is 0.311 e. The summed E-state index contributed by atoms with van der Waals surface area (Å²) in [5.74, 6) is 0. The molecule has 0 atom stereocenters. The predicted molar refractivity (Wildman–Crippen MR) is 78.5 cm³/mol. The molecule has 100 valence electrons. The fourth-order valence-electron chi connectivity index (χ4n) is 2.37. The summed E-state index contributed by atoms with van der Waals surface area (Å²) in [6.45, 7) is 5.49. The molecule has 4 heteroatoms. The first-order chi connectivity index (χ1) is 8.74. The molecule has 1 aromatic rings. The van der Waals surface area contributed by atoms with Gasteiger partial charge in [0.25, 0.3) is 0 Å². The molecular formula is C14H20Cl2N2. The van der Waals surface area contributed by atoms with Gasteiger partial charge in [-0.25, -0.2) is 0 Å². The van der Waals surface area contributed by atoms with Crippen molar-refractivity contribution in [1.29, 1.82) is 0 Å². The van der Waals surface area contributed by atoms with Gasteiger partial charge < -0.3 is 10.2 Å². The van der Waals surface area contributed by atoms with Crippen molar-refractivity contribution in [3.8, 4) is 0 Å². The van der Waals surface area contributed by atoms with Gasteiger partial charge in [-0.2, -0.15) is 0 Å². The Bertz CT molecular complexity index is 356. The molecule has 1 aromatic carbocycles. The lowest BCUT2D eigenvalue weighted by molar-refractivity contribution is 0.229. The third-order valence-electron chi connectivity index (χ3n) is 3.30. The number of halogens is 2. The van der Waals surface area contributed by atoms with Crippen LogP contribution in [0.4, 0.5) is 0 Å². The molecule has 0 aromatic heterocycles. The van der Waals surface area contributed by atoms with Gasteiger partial charge in [-0.15, -0.1) is 0 Å². The number of likely N-dealkylation sites (tertiary alicyclic amines) is 1. The lowest BCUT2D eigenvalue weighted by Crippen LogP contribution is -2.35. The third-order valence-corrected chi connectivity index (χ3v) is 3.74. The first kappa shape index (κ1) is 14.1. The molecule has 1 aliphatic rings. The number of rotatable bonds is 5. The molecule has 2 rings (SSSR count). The van der Waals surface area contributed by atoms with Gasteiger partial charge in [0.2, 0.25) is 0 Å². The quantitative estimate of drug-likeness (QED) is 0.833. The van der Waals surface area contributed by atoms with E-state index in [1.165, 1.54) is 32.4 Å². The van der Waals surface area contributed by atoms with Gasteiger partial charge in [0, 0.05) is 29.7 Å². The van der Waals surface area contributed by atoms with Crippen LogP contribution in [-0.4, -0.2) is 31.1 Å². The molecule has 0 aliphatic carbocycles. The van der Waals surface area contributed by atoms with Crippen LogP contribution in [0.15, 0.2) is 18.2 Å². The highest BCUT2D eigenvalue weighted by molar-refractivity contribution is 6.34. The minimum Gasteiger partial charge on any atom is -0.311 e. The summed E-state index contributed by atoms with van der Waals surface area (Å²) in [5.41, 5.74) is 1.14. The predicted octanol–water partition coefficient (Wildman–Crippen LogP) is 3.57. The van der Waals surface area contributed by atoms with E-state index in [9.17, 15) is 0 Å². The van der Waals surface area contributed by atoms with Crippen molar-refractivity contribution in [1.82, 2.24) is 10.2 Å². The van der Waals surface area contributed by atoms with E-state index in [1.807, 2.05) is 12.1 Å². The molecule has 2 nitrogen and oxygen atoms in total. The Morgan fingerprint density at radius 2 is 1.67 bits per heavy atom. The van der Waals surface area contributed by atoms with Crippen molar-refractivity contribution in [2.45, 2.75) is 25.8 Å². The van der Waals surface area contributed by atoms with E-state index in [4.69, 9.17) is 23.2 Å². The number of nitrogens with zero attached hydrogens (tertiary/aromatic N) is 1. The maximum absolute atomic E-state index is 5.96. The van der Waals surface area contributed by atoms with Crippen molar-refractivity contribution < 1.29 is 0 Å². The molecule has 0 amide bonds. The minimum absolute atomic E-state index is 0.704. The highest BCUT2D eigenvalue weighted by atomic mass is 35.5. The van der Waals surface area contributed by atoms with E-state index < -0.39 is 0 Å². The summed E-state index contributed by atoms with van der Waals surface area (Å²) in [6.07, 6.45) is 4.10. The van der Waals surface area contributed by atoms with Crippen molar-refractivity contribution in [2.24, 2.45) is 0 Å². The van der Waals surface area contributed by atoms with Crippen LogP contribution in [0, 0.1) is 0 Å². The van der Waals surface area contributed by atoms with Gasteiger partial charge in [0.05, 0.1) is 0 Å². The number of hydrogen-bond acceptors (Lipinski definition) is 2. The first-order valence-electron chi connectivity index (χ1n) is 6.62. The van der Waals surface area contributed by atoms with E-state index in [1.54, 1.807) is 6.07 Å². The third kappa shape index (κ3) is 4.77. The molecule has 1 heterocycles. The van der Waals surface area contributed by atoms with Gasteiger partial charge in [0.1, 0.15) is 0 Å². The highest BCUT2D eigenvalue weighted by Gasteiger charge is 2.08. The van der Waals surface area contributed by atoms with E-state index in [0.717, 1.165) is 25.2 Å². The molecular weight excluding hydrogens is 267 g/mol. The second-order valence-corrected chi connectivity index (χ2v) is 5.73. The average Bonchev–Trinajstić information content (AvgIpc) is 2.35. The van der Waals surface area contributed by atoms with E-state index >= 15 is 0 Å². The summed E-state index contributed by atoms with van der Waals surface area (Å²) in [6, 6.07) is 5.68. The molecule has 0 saturated carbocycles. The van der Waals surface area contributed by atoms with Crippen LogP contribution in [0.3, 0.4) is 0 Å². The molecule has 0 radical (unpaired) electrons. The van der Waals surface area contributed by atoms with E-state index in [0.29, 0.717) is 10.0 Å². The van der Waals surface area contributed by atoms with Crippen LogP contribution in [0.2, 0.25) is 10.0 Å². The number of piperidine rings is 1. The topological polar surface area (TPSA) is 15.3 Å². The standard InChI is InChI=1S/C14H20Cl2N2/c15-13-8-12(9-14(16)10-13)11-17-4-7-18-5-2-1-3-6-18/h8-10,17H,1-7,11H2. The highest BCUT2D eigenvalue weighted by Crippen LogP contribution is 2.18. The van der Waals surface area contributed by atoms with Crippen LogP contribution < -0.4 is 5.32 Å². The average molecular weight is 287 g/mol. The first-order valence-corrected chi connectivity index (χ1v) is 7.38. The lowest BCUT2D eigenvalue weighted by Gasteiger charge is -2.26.